The average Bonchev–Trinajstić information content (AvgIpc) is 3.31. The molecule has 1 amide bonds. The molecule has 2 N–H and O–H groups in total. The summed E-state index contributed by atoms with van der Waals surface area (Å²) < 4.78 is 63.1. The minimum atomic E-state index is -3.14. The predicted molar refractivity (Wildman–Crippen MR) is 147 cm³/mol. The molecular formula is C31H31F4N3O3. The fraction of sp³-hybridized carbons (Fsp3) is 0.355. The maximum Gasteiger partial charge on any atom is 0.387 e. The van der Waals surface area contributed by atoms with Gasteiger partial charge in [0.05, 0.1) is 6.67 Å². The van der Waals surface area contributed by atoms with Crippen LogP contribution in [-0.4, -0.2) is 54.8 Å². The van der Waals surface area contributed by atoms with E-state index in [0.717, 1.165) is 40.8 Å². The highest BCUT2D eigenvalue weighted by Crippen LogP contribution is 2.41. The molecule has 1 fully saturated rings. The van der Waals surface area contributed by atoms with Gasteiger partial charge < -0.3 is 15.2 Å². The van der Waals surface area contributed by atoms with E-state index >= 15 is 0 Å². The Balaban J connectivity index is 1.51. The molecule has 1 aliphatic heterocycles. The van der Waals surface area contributed by atoms with Crippen molar-refractivity contribution in [1.29, 1.82) is 0 Å². The first-order valence-corrected chi connectivity index (χ1v) is 13.6. The number of amides is 1. The molecule has 5 rings (SSSR count). The molecule has 1 atom stereocenters. The van der Waals surface area contributed by atoms with E-state index in [1.54, 1.807) is 30.5 Å². The zero-order valence-corrected chi connectivity index (χ0v) is 22.4. The van der Waals surface area contributed by atoms with Gasteiger partial charge in [0.2, 0.25) is 11.8 Å². The van der Waals surface area contributed by atoms with Crippen LogP contribution in [0.4, 0.5) is 17.6 Å². The molecule has 0 spiro atoms. The number of alkyl halides is 3. The summed E-state index contributed by atoms with van der Waals surface area (Å²) in [6.45, 7) is -1.21. The molecule has 2 aliphatic rings. The van der Waals surface area contributed by atoms with Crippen molar-refractivity contribution in [3.63, 3.8) is 0 Å². The molecule has 0 saturated carbocycles. The molecule has 1 aromatic heterocycles. The van der Waals surface area contributed by atoms with Gasteiger partial charge in [-0.25, -0.2) is 9.37 Å². The number of fused-ring (bicyclic) bond motifs is 1. The van der Waals surface area contributed by atoms with Crippen molar-refractivity contribution in [3.05, 3.63) is 88.4 Å². The van der Waals surface area contributed by atoms with E-state index in [1.165, 1.54) is 12.1 Å². The zero-order valence-electron chi connectivity index (χ0n) is 22.4. The number of carbonyl (C=O) groups is 1. The van der Waals surface area contributed by atoms with Gasteiger partial charge in [-0.2, -0.15) is 8.78 Å². The van der Waals surface area contributed by atoms with E-state index < -0.39 is 24.1 Å². The molecule has 1 aliphatic carbocycles. The lowest BCUT2D eigenvalue weighted by Crippen LogP contribution is -2.26. The van der Waals surface area contributed by atoms with Crippen LogP contribution < -0.4 is 15.2 Å². The van der Waals surface area contributed by atoms with Crippen LogP contribution in [0.15, 0.2) is 54.7 Å². The number of halogens is 4. The lowest BCUT2D eigenvalue weighted by molar-refractivity contribution is -0.0522. The molecule has 2 aromatic carbocycles. The second-order valence-electron chi connectivity index (χ2n) is 10.2. The molecule has 41 heavy (non-hydrogen) atoms. The number of pyridine rings is 1. The number of allylic oxidation sites excluding steroid dienone is 1. The minimum Gasteiger partial charge on any atom is -0.473 e. The average molecular weight is 570 g/mol. The van der Waals surface area contributed by atoms with Gasteiger partial charge in [0.1, 0.15) is 6.10 Å². The molecule has 10 heteroatoms. The Hall–Kier alpha value is -3.92. The van der Waals surface area contributed by atoms with Gasteiger partial charge >= 0.3 is 6.61 Å². The summed E-state index contributed by atoms with van der Waals surface area (Å²) in [5.41, 5.74) is 10.6. The van der Waals surface area contributed by atoms with Gasteiger partial charge in [0.25, 0.3) is 0 Å². The van der Waals surface area contributed by atoms with E-state index in [-0.39, 0.29) is 12.8 Å². The Labute approximate surface area is 235 Å². The summed E-state index contributed by atoms with van der Waals surface area (Å²) >= 11 is 0. The van der Waals surface area contributed by atoms with Gasteiger partial charge in [-0.05, 0) is 90.3 Å². The number of nitrogens with zero attached hydrogens (tertiary/aromatic N) is 2. The fourth-order valence-electron chi connectivity index (χ4n) is 5.59. The number of nitrogens with two attached hydrogens (primary N) is 1. The smallest absolute Gasteiger partial charge is 0.387 e. The Morgan fingerprint density at radius 3 is 2.63 bits per heavy atom. The number of primary amides is 1. The highest BCUT2D eigenvalue weighted by Gasteiger charge is 2.25. The number of hydrogen-bond donors (Lipinski definition) is 1. The topological polar surface area (TPSA) is 77.7 Å². The van der Waals surface area contributed by atoms with E-state index in [2.05, 4.69) is 14.6 Å². The van der Waals surface area contributed by atoms with Crippen molar-refractivity contribution in [2.45, 2.75) is 44.8 Å². The van der Waals surface area contributed by atoms with Crippen molar-refractivity contribution in [2.24, 2.45) is 5.73 Å². The molecule has 1 unspecified atom stereocenters. The third-order valence-electron chi connectivity index (χ3n) is 7.48. The monoisotopic (exact) mass is 569 g/mol. The van der Waals surface area contributed by atoms with Crippen molar-refractivity contribution in [2.75, 3.05) is 26.3 Å². The maximum atomic E-state index is 14.8. The van der Waals surface area contributed by atoms with Gasteiger partial charge in [-0.1, -0.05) is 12.1 Å². The Bertz CT molecular complexity index is 1430. The summed E-state index contributed by atoms with van der Waals surface area (Å²) in [7, 11) is 0. The zero-order chi connectivity index (χ0) is 28.9. The fourth-order valence-corrected chi connectivity index (χ4v) is 5.59. The summed E-state index contributed by atoms with van der Waals surface area (Å²) in [5.74, 6) is -1.48. The van der Waals surface area contributed by atoms with Crippen LogP contribution in [0.1, 0.15) is 58.3 Å². The molecule has 0 bridgehead atoms. The van der Waals surface area contributed by atoms with Crippen LogP contribution in [0.3, 0.4) is 0 Å². The van der Waals surface area contributed by atoms with Crippen LogP contribution in [0.5, 0.6) is 11.6 Å². The van der Waals surface area contributed by atoms with Gasteiger partial charge in [0, 0.05) is 43.0 Å². The molecule has 0 radical (unpaired) electrons. The molecule has 2 heterocycles. The number of ether oxygens (including phenoxy) is 2. The minimum absolute atomic E-state index is 0.0366. The van der Waals surface area contributed by atoms with Crippen molar-refractivity contribution < 1.29 is 31.8 Å². The van der Waals surface area contributed by atoms with Gasteiger partial charge in [-0.3, -0.25) is 14.1 Å². The van der Waals surface area contributed by atoms with Crippen molar-refractivity contribution in [3.8, 4) is 11.6 Å². The second-order valence-corrected chi connectivity index (χ2v) is 10.2. The molecule has 1 saturated heterocycles. The van der Waals surface area contributed by atoms with E-state index in [0.29, 0.717) is 55.8 Å². The van der Waals surface area contributed by atoms with Crippen LogP contribution in [0.25, 0.3) is 11.1 Å². The van der Waals surface area contributed by atoms with Crippen LogP contribution in [0.2, 0.25) is 0 Å². The lowest BCUT2D eigenvalue weighted by Gasteiger charge is -2.18. The standard InChI is InChI=1S/C31H31F4N3O3/c32-12-2-13-38-14-11-23(18-38)40-28-10-7-22(17-37-28)29-24(20-6-9-27(26(33)16-20)41-31(34)35)4-1-3-19-15-21(30(36)39)5-8-25(19)29/h5-10,15-17,23,31H,1-4,11-14,18H2,(H2,36,39). The third-order valence-corrected chi connectivity index (χ3v) is 7.48. The normalized spacial score (nSPS) is 17.4. The number of hydrogen-bond acceptors (Lipinski definition) is 5. The summed E-state index contributed by atoms with van der Waals surface area (Å²) in [5, 5.41) is 0. The van der Waals surface area contributed by atoms with Crippen LogP contribution >= 0.6 is 0 Å². The number of carbonyl (C=O) groups excluding carboxylic acids is 1. The first kappa shape index (κ1) is 28.6. The van der Waals surface area contributed by atoms with E-state index in [9.17, 15) is 22.4 Å². The van der Waals surface area contributed by atoms with Crippen LogP contribution in [0, 0.1) is 5.82 Å². The predicted octanol–water partition coefficient (Wildman–Crippen LogP) is 6.03. The van der Waals surface area contributed by atoms with E-state index in [1.807, 2.05) is 12.1 Å². The maximum absolute atomic E-state index is 14.8. The summed E-state index contributed by atoms with van der Waals surface area (Å²) in [6, 6.07) is 12.9. The highest BCUT2D eigenvalue weighted by atomic mass is 19.3. The van der Waals surface area contributed by atoms with Crippen molar-refractivity contribution in [1.82, 2.24) is 9.88 Å². The Morgan fingerprint density at radius 2 is 1.93 bits per heavy atom. The number of aromatic nitrogens is 1. The first-order chi connectivity index (χ1) is 19.8. The number of likely N-dealkylation sites (tertiary alicyclic amines) is 1. The van der Waals surface area contributed by atoms with E-state index in [4.69, 9.17) is 10.5 Å². The second kappa shape index (κ2) is 12.7. The van der Waals surface area contributed by atoms with Crippen LogP contribution in [-0.2, 0) is 6.42 Å². The molecular weight excluding hydrogens is 538 g/mol. The number of benzene rings is 2. The summed E-state index contributed by atoms with van der Waals surface area (Å²) in [4.78, 5) is 18.6. The SMILES string of the molecule is NC(=O)c1ccc2c(c1)CCCC(c1ccc(OC(F)F)c(F)c1)=C2c1ccc(OC2CCN(CCCF)C2)nc1. The first-order valence-electron chi connectivity index (χ1n) is 13.6. The molecule has 216 valence electrons. The molecule has 6 nitrogen and oxygen atoms in total. The van der Waals surface area contributed by atoms with Gasteiger partial charge in [-0.15, -0.1) is 0 Å². The Morgan fingerprint density at radius 1 is 1.10 bits per heavy atom. The third kappa shape index (κ3) is 6.70. The number of rotatable bonds is 10. The number of aryl methyl sites for hydroxylation is 1. The Kier molecular flexibility index (Phi) is 8.87. The van der Waals surface area contributed by atoms with Gasteiger partial charge in [0.15, 0.2) is 11.6 Å². The largest absolute Gasteiger partial charge is 0.473 e. The molecule has 3 aromatic rings. The quantitative estimate of drug-likeness (QED) is 0.302. The highest BCUT2D eigenvalue weighted by molar-refractivity contribution is 6.01. The van der Waals surface area contributed by atoms with Crippen molar-refractivity contribution >= 4 is 17.1 Å². The lowest BCUT2D eigenvalue weighted by atomic mass is 9.88. The summed E-state index contributed by atoms with van der Waals surface area (Å²) in [6.07, 6.45) is 4.93.